The first kappa shape index (κ1) is 16.7. The number of aryl methyl sites for hydroxylation is 1. The molecule has 4 nitrogen and oxygen atoms in total. The zero-order valence-corrected chi connectivity index (χ0v) is 15.0. The number of ether oxygens (including phenoxy) is 1. The van der Waals surface area contributed by atoms with Crippen molar-refractivity contribution < 1.29 is 4.74 Å². The number of rotatable bonds is 6. The molecule has 0 N–H and O–H groups in total. The van der Waals surface area contributed by atoms with E-state index in [0.29, 0.717) is 12.0 Å². The largest absolute Gasteiger partial charge is 0.375 e. The van der Waals surface area contributed by atoms with Crippen LogP contribution in [-0.4, -0.2) is 34.6 Å². The van der Waals surface area contributed by atoms with Gasteiger partial charge in [-0.25, -0.2) is 0 Å². The summed E-state index contributed by atoms with van der Waals surface area (Å²) < 4.78 is 6.16. The van der Waals surface area contributed by atoms with Gasteiger partial charge in [-0.2, -0.15) is 0 Å². The molecule has 0 bridgehead atoms. The lowest BCUT2D eigenvalue weighted by molar-refractivity contribution is 0.0252. The standard InChI is InChI=1S/C21H27N3O/c1-17-4-2-6-20(23-17)14-25-16-21-9-3-5-19(21)13-24(15-21)12-18-7-10-22-11-8-18/h2,4,6-8,10-11,19H,3,5,9,12-16H2,1H3/t19-,21+/m0/s1. The molecule has 2 aliphatic rings. The van der Waals surface area contributed by atoms with E-state index in [-0.39, 0.29) is 0 Å². The number of likely N-dealkylation sites (tertiary alicyclic amines) is 1. The molecule has 0 unspecified atom stereocenters. The molecule has 0 amide bonds. The number of pyridine rings is 2. The van der Waals surface area contributed by atoms with Gasteiger partial charge in [-0.3, -0.25) is 14.9 Å². The highest BCUT2D eigenvalue weighted by Gasteiger charge is 2.49. The first-order chi connectivity index (χ1) is 12.2. The lowest BCUT2D eigenvalue weighted by atomic mass is 9.81. The van der Waals surface area contributed by atoms with Gasteiger partial charge in [-0.05, 0) is 55.5 Å². The van der Waals surface area contributed by atoms with Gasteiger partial charge in [-0.1, -0.05) is 12.5 Å². The van der Waals surface area contributed by atoms with E-state index in [0.717, 1.165) is 37.0 Å². The van der Waals surface area contributed by atoms with E-state index in [9.17, 15) is 0 Å². The summed E-state index contributed by atoms with van der Waals surface area (Å²) in [6.07, 6.45) is 7.77. The molecule has 1 saturated carbocycles. The molecule has 4 rings (SSSR count). The van der Waals surface area contributed by atoms with E-state index >= 15 is 0 Å². The molecule has 132 valence electrons. The number of nitrogens with zero attached hydrogens (tertiary/aromatic N) is 3. The van der Waals surface area contributed by atoms with Gasteiger partial charge in [0, 0.05) is 43.1 Å². The van der Waals surface area contributed by atoms with Crippen molar-refractivity contribution in [3.8, 4) is 0 Å². The van der Waals surface area contributed by atoms with Crippen LogP contribution in [0, 0.1) is 18.3 Å². The maximum absolute atomic E-state index is 6.16. The summed E-state index contributed by atoms with van der Waals surface area (Å²) in [5.41, 5.74) is 3.80. The lowest BCUT2D eigenvalue weighted by Gasteiger charge is -2.29. The molecule has 1 saturated heterocycles. The molecule has 25 heavy (non-hydrogen) atoms. The smallest absolute Gasteiger partial charge is 0.0888 e. The summed E-state index contributed by atoms with van der Waals surface area (Å²) in [4.78, 5) is 11.3. The molecule has 2 aromatic heterocycles. The van der Waals surface area contributed by atoms with Crippen molar-refractivity contribution in [3.05, 3.63) is 59.7 Å². The minimum Gasteiger partial charge on any atom is -0.375 e. The third kappa shape index (κ3) is 3.75. The summed E-state index contributed by atoms with van der Waals surface area (Å²) in [6, 6.07) is 10.4. The van der Waals surface area contributed by atoms with Crippen molar-refractivity contribution in [2.45, 2.75) is 39.3 Å². The Balaban J connectivity index is 1.36. The third-order valence-electron chi connectivity index (χ3n) is 5.85. The van der Waals surface area contributed by atoms with Crippen molar-refractivity contribution in [2.75, 3.05) is 19.7 Å². The predicted octanol–water partition coefficient (Wildman–Crippen LogP) is 3.60. The van der Waals surface area contributed by atoms with Crippen LogP contribution >= 0.6 is 0 Å². The molecule has 1 aliphatic carbocycles. The third-order valence-corrected chi connectivity index (χ3v) is 5.85. The van der Waals surface area contributed by atoms with Crippen LogP contribution in [-0.2, 0) is 17.9 Å². The quantitative estimate of drug-likeness (QED) is 0.807. The molecule has 0 aromatic carbocycles. The normalized spacial score (nSPS) is 26.0. The molecule has 2 fully saturated rings. The Labute approximate surface area is 150 Å². The SMILES string of the molecule is Cc1cccc(COC[C@]23CCC[C@H]2CN(Cc2ccncc2)C3)n1. The summed E-state index contributed by atoms with van der Waals surface area (Å²) in [5, 5.41) is 0. The van der Waals surface area contributed by atoms with Crippen molar-refractivity contribution in [3.63, 3.8) is 0 Å². The maximum atomic E-state index is 6.16. The van der Waals surface area contributed by atoms with Gasteiger partial charge in [0.05, 0.1) is 18.9 Å². The Morgan fingerprint density at radius 1 is 1.24 bits per heavy atom. The highest BCUT2D eigenvalue weighted by molar-refractivity contribution is 5.12. The fourth-order valence-electron chi connectivity index (χ4n) is 4.67. The highest BCUT2D eigenvalue weighted by Crippen LogP contribution is 2.49. The van der Waals surface area contributed by atoms with Crippen LogP contribution in [0.2, 0.25) is 0 Å². The van der Waals surface area contributed by atoms with Gasteiger partial charge in [0.2, 0.25) is 0 Å². The second kappa shape index (κ2) is 7.22. The average Bonchev–Trinajstić information content (AvgIpc) is 3.12. The van der Waals surface area contributed by atoms with Crippen LogP contribution in [0.15, 0.2) is 42.7 Å². The van der Waals surface area contributed by atoms with Gasteiger partial charge >= 0.3 is 0 Å². The van der Waals surface area contributed by atoms with Gasteiger partial charge in [0.1, 0.15) is 0 Å². The van der Waals surface area contributed by atoms with Gasteiger partial charge in [0.15, 0.2) is 0 Å². The van der Waals surface area contributed by atoms with Gasteiger partial charge < -0.3 is 4.74 Å². The highest BCUT2D eigenvalue weighted by atomic mass is 16.5. The minimum atomic E-state index is 0.344. The Morgan fingerprint density at radius 3 is 2.96 bits per heavy atom. The van der Waals surface area contributed by atoms with Crippen LogP contribution in [0.5, 0.6) is 0 Å². The van der Waals surface area contributed by atoms with Crippen molar-refractivity contribution in [2.24, 2.45) is 11.3 Å². The summed E-state index contributed by atoms with van der Waals surface area (Å²) >= 11 is 0. The van der Waals surface area contributed by atoms with Crippen molar-refractivity contribution in [1.29, 1.82) is 0 Å². The number of fused-ring (bicyclic) bond motifs is 1. The molecule has 0 spiro atoms. The van der Waals surface area contributed by atoms with Crippen molar-refractivity contribution >= 4 is 0 Å². The number of aromatic nitrogens is 2. The van der Waals surface area contributed by atoms with E-state index < -0.39 is 0 Å². The molecule has 2 atom stereocenters. The van der Waals surface area contributed by atoms with Crippen LogP contribution in [0.25, 0.3) is 0 Å². The van der Waals surface area contributed by atoms with E-state index in [1.54, 1.807) is 0 Å². The predicted molar refractivity (Wildman–Crippen MR) is 97.9 cm³/mol. The molecule has 1 aliphatic heterocycles. The van der Waals surface area contributed by atoms with E-state index in [2.05, 4.69) is 39.1 Å². The fraction of sp³-hybridized carbons (Fsp3) is 0.524. The minimum absolute atomic E-state index is 0.344. The van der Waals surface area contributed by atoms with E-state index in [1.807, 2.05) is 25.4 Å². The average molecular weight is 337 g/mol. The second-order valence-corrected chi connectivity index (χ2v) is 7.74. The van der Waals surface area contributed by atoms with Crippen LogP contribution in [0.4, 0.5) is 0 Å². The zero-order valence-electron chi connectivity index (χ0n) is 15.0. The molecule has 3 heterocycles. The summed E-state index contributed by atoms with van der Waals surface area (Å²) in [6.45, 7) is 6.90. The lowest BCUT2D eigenvalue weighted by Crippen LogP contribution is -2.32. The summed E-state index contributed by atoms with van der Waals surface area (Å²) in [5.74, 6) is 0.778. The van der Waals surface area contributed by atoms with Gasteiger partial charge in [0.25, 0.3) is 0 Å². The molecular weight excluding hydrogens is 310 g/mol. The second-order valence-electron chi connectivity index (χ2n) is 7.74. The van der Waals surface area contributed by atoms with Crippen LogP contribution in [0.1, 0.15) is 36.2 Å². The first-order valence-corrected chi connectivity index (χ1v) is 9.35. The Morgan fingerprint density at radius 2 is 2.12 bits per heavy atom. The molecule has 4 heteroatoms. The summed E-state index contributed by atoms with van der Waals surface area (Å²) in [7, 11) is 0. The molecule has 0 radical (unpaired) electrons. The fourth-order valence-corrected chi connectivity index (χ4v) is 4.67. The number of hydrogen-bond donors (Lipinski definition) is 0. The Bertz CT molecular complexity index is 705. The monoisotopic (exact) mass is 337 g/mol. The Hall–Kier alpha value is -1.78. The van der Waals surface area contributed by atoms with Crippen LogP contribution in [0.3, 0.4) is 0 Å². The van der Waals surface area contributed by atoms with E-state index in [1.165, 1.54) is 31.4 Å². The number of hydrogen-bond acceptors (Lipinski definition) is 4. The molecular formula is C21H27N3O. The van der Waals surface area contributed by atoms with E-state index in [4.69, 9.17) is 4.74 Å². The van der Waals surface area contributed by atoms with Crippen molar-refractivity contribution in [1.82, 2.24) is 14.9 Å². The first-order valence-electron chi connectivity index (χ1n) is 9.35. The topological polar surface area (TPSA) is 38.2 Å². The van der Waals surface area contributed by atoms with Gasteiger partial charge in [-0.15, -0.1) is 0 Å². The van der Waals surface area contributed by atoms with Crippen LogP contribution < -0.4 is 0 Å². The maximum Gasteiger partial charge on any atom is 0.0888 e. The zero-order chi connectivity index (χ0) is 17.1. The Kier molecular flexibility index (Phi) is 4.82. The molecule has 2 aromatic rings.